The van der Waals surface area contributed by atoms with E-state index in [2.05, 4.69) is 4.98 Å². The predicted octanol–water partition coefficient (Wildman–Crippen LogP) is 2.86. The van der Waals surface area contributed by atoms with Gasteiger partial charge >= 0.3 is 5.97 Å². The Labute approximate surface area is 124 Å². The second kappa shape index (κ2) is 6.20. The summed E-state index contributed by atoms with van der Waals surface area (Å²) in [6.07, 6.45) is 0. The molecule has 0 aliphatic carbocycles. The van der Waals surface area contributed by atoms with Gasteiger partial charge in [0.05, 0.1) is 29.8 Å². The minimum Gasteiger partial charge on any atom is -0.469 e. The van der Waals surface area contributed by atoms with Crippen molar-refractivity contribution in [3.8, 4) is 0 Å². The lowest BCUT2D eigenvalue weighted by atomic mass is 9.83. The van der Waals surface area contributed by atoms with Crippen LogP contribution in [0.4, 0.5) is 0 Å². The number of ether oxygens (including phenoxy) is 1. The van der Waals surface area contributed by atoms with Gasteiger partial charge in [-0.05, 0) is 26.0 Å². The maximum Gasteiger partial charge on any atom is 0.313 e. The Kier molecular flexibility index (Phi) is 5.09. The number of nitrogens with zero attached hydrogens (tertiary/aromatic N) is 1. The summed E-state index contributed by atoms with van der Waals surface area (Å²) in [6.45, 7) is 3.53. The van der Waals surface area contributed by atoms with Gasteiger partial charge in [-0.3, -0.25) is 9.78 Å². The zero-order valence-corrected chi connectivity index (χ0v) is 12.6. The highest BCUT2D eigenvalue weighted by molar-refractivity contribution is 5.85. The number of para-hydroxylation sites is 1. The van der Waals surface area contributed by atoms with Gasteiger partial charge in [0, 0.05) is 5.39 Å². The molecule has 1 atom stereocenters. The summed E-state index contributed by atoms with van der Waals surface area (Å²) in [5.41, 5.74) is 6.92. The average Bonchev–Trinajstić information content (AvgIpc) is 2.44. The highest BCUT2D eigenvalue weighted by Crippen LogP contribution is 2.32. The Morgan fingerprint density at radius 1 is 1.25 bits per heavy atom. The molecular formula is C15H19ClN2O2. The van der Waals surface area contributed by atoms with Crippen molar-refractivity contribution in [1.82, 2.24) is 4.98 Å². The molecule has 4 nitrogen and oxygen atoms in total. The fraction of sp³-hybridized carbons (Fsp3) is 0.333. The maximum atomic E-state index is 11.8. The first-order valence-corrected chi connectivity index (χ1v) is 6.16. The molecule has 2 rings (SSSR count). The van der Waals surface area contributed by atoms with Crippen molar-refractivity contribution >= 4 is 29.3 Å². The van der Waals surface area contributed by atoms with Gasteiger partial charge in [-0.2, -0.15) is 0 Å². The van der Waals surface area contributed by atoms with Gasteiger partial charge in [0.2, 0.25) is 0 Å². The number of esters is 1. The first-order chi connectivity index (χ1) is 8.96. The van der Waals surface area contributed by atoms with Crippen molar-refractivity contribution in [2.75, 3.05) is 7.11 Å². The van der Waals surface area contributed by atoms with Gasteiger partial charge < -0.3 is 10.5 Å². The number of methoxy groups -OCH3 is 1. The molecule has 0 bridgehead atoms. The Bertz CT molecular complexity index is 614. The third-order valence-electron chi connectivity index (χ3n) is 3.43. The number of nitrogens with two attached hydrogens (primary N) is 1. The number of rotatable bonds is 3. The van der Waals surface area contributed by atoms with Gasteiger partial charge in [-0.25, -0.2) is 0 Å². The second-order valence-electron chi connectivity index (χ2n) is 5.12. The molecule has 2 N–H and O–H groups in total. The maximum absolute atomic E-state index is 11.8. The number of carbonyl (C=O) groups excluding carboxylic acids is 1. The average molecular weight is 295 g/mol. The Morgan fingerprint density at radius 2 is 1.90 bits per heavy atom. The zero-order chi connectivity index (χ0) is 14.0. The van der Waals surface area contributed by atoms with E-state index in [1.54, 1.807) is 13.8 Å². The van der Waals surface area contributed by atoms with Crippen LogP contribution in [0, 0.1) is 5.41 Å². The topological polar surface area (TPSA) is 65.2 Å². The van der Waals surface area contributed by atoms with E-state index in [0.29, 0.717) is 5.69 Å². The van der Waals surface area contributed by atoms with Gasteiger partial charge in [0.25, 0.3) is 0 Å². The highest BCUT2D eigenvalue weighted by atomic mass is 35.5. The van der Waals surface area contributed by atoms with Crippen molar-refractivity contribution in [1.29, 1.82) is 0 Å². The van der Waals surface area contributed by atoms with Gasteiger partial charge in [0.15, 0.2) is 0 Å². The van der Waals surface area contributed by atoms with Crippen molar-refractivity contribution < 1.29 is 9.53 Å². The molecular weight excluding hydrogens is 276 g/mol. The van der Waals surface area contributed by atoms with E-state index < -0.39 is 11.5 Å². The number of fused-ring (bicyclic) bond motifs is 1. The molecule has 1 heterocycles. The summed E-state index contributed by atoms with van der Waals surface area (Å²) < 4.78 is 4.80. The number of aromatic nitrogens is 1. The van der Waals surface area contributed by atoms with Crippen LogP contribution in [0.15, 0.2) is 36.4 Å². The Balaban J connectivity index is 0.00000200. The molecule has 1 aromatic carbocycles. The third kappa shape index (κ3) is 2.92. The van der Waals surface area contributed by atoms with Gasteiger partial charge in [-0.1, -0.05) is 24.3 Å². The Hall–Kier alpha value is -1.65. The van der Waals surface area contributed by atoms with Crippen molar-refractivity contribution in [3.63, 3.8) is 0 Å². The minimum atomic E-state index is -0.815. The highest BCUT2D eigenvalue weighted by Gasteiger charge is 2.37. The fourth-order valence-electron chi connectivity index (χ4n) is 2.01. The van der Waals surface area contributed by atoms with Crippen molar-refractivity contribution in [3.05, 3.63) is 42.1 Å². The molecule has 0 aliphatic rings. The monoisotopic (exact) mass is 294 g/mol. The number of carbonyl (C=O) groups is 1. The first-order valence-electron chi connectivity index (χ1n) is 6.16. The van der Waals surface area contributed by atoms with E-state index >= 15 is 0 Å². The molecule has 108 valence electrons. The molecule has 5 heteroatoms. The van der Waals surface area contributed by atoms with E-state index in [4.69, 9.17) is 10.5 Å². The minimum absolute atomic E-state index is 0. The summed E-state index contributed by atoms with van der Waals surface area (Å²) in [5, 5.41) is 1.05. The predicted molar refractivity (Wildman–Crippen MR) is 81.7 cm³/mol. The molecule has 0 radical (unpaired) electrons. The van der Waals surface area contributed by atoms with E-state index in [9.17, 15) is 4.79 Å². The van der Waals surface area contributed by atoms with E-state index in [1.165, 1.54) is 7.11 Å². The molecule has 0 spiro atoms. The normalized spacial score (nSPS) is 12.6. The van der Waals surface area contributed by atoms with Crippen LogP contribution in [-0.2, 0) is 9.53 Å². The fourth-order valence-corrected chi connectivity index (χ4v) is 2.01. The molecule has 1 aromatic heterocycles. The standard InChI is InChI=1S/C15H18N2O2.ClH/c1-15(2,14(18)19-3)13(16)12-9-8-10-6-4-5-7-11(10)17-12;/h4-9,13H,16H2,1-3H3;1H/t13-;/m1./s1. The van der Waals surface area contributed by atoms with Crippen LogP contribution in [0.25, 0.3) is 10.9 Å². The number of hydrogen-bond acceptors (Lipinski definition) is 4. The van der Waals surface area contributed by atoms with Crippen molar-refractivity contribution in [2.45, 2.75) is 19.9 Å². The molecule has 0 unspecified atom stereocenters. The van der Waals surface area contributed by atoms with Crippen LogP contribution < -0.4 is 5.73 Å². The number of halogens is 1. The lowest BCUT2D eigenvalue weighted by Crippen LogP contribution is -2.37. The molecule has 0 saturated carbocycles. The SMILES string of the molecule is COC(=O)C(C)(C)[C@H](N)c1ccc2ccccc2n1.Cl. The molecule has 2 aromatic rings. The van der Waals surface area contributed by atoms with Crippen LogP contribution in [0.2, 0.25) is 0 Å². The van der Waals surface area contributed by atoms with E-state index in [0.717, 1.165) is 10.9 Å². The van der Waals surface area contributed by atoms with Crippen LogP contribution in [0.3, 0.4) is 0 Å². The van der Waals surface area contributed by atoms with Crippen LogP contribution in [0.5, 0.6) is 0 Å². The zero-order valence-electron chi connectivity index (χ0n) is 11.8. The smallest absolute Gasteiger partial charge is 0.313 e. The quantitative estimate of drug-likeness (QED) is 0.884. The van der Waals surface area contributed by atoms with Crippen molar-refractivity contribution in [2.24, 2.45) is 11.1 Å². The lowest BCUT2D eigenvalue weighted by molar-refractivity contribution is -0.152. The van der Waals surface area contributed by atoms with Gasteiger partial charge in [0.1, 0.15) is 0 Å². The summed E-state index contributed by atoms with van der Waals surface area (Å²) in [7, 11) is 1.37. The number of benzene rings is 1. The van der Waals surface area contributed by atoms with E-state index in [-0.39, 0.29) is 18.4 Å². The first kappa shape index (κ1) is 16.4. The summed E-state index contributed by atoms with van der Waals surface area (Å²) >= 11 is 0. The van der Waals surface area contributed by atoms with Gasteiger partial charge in [-0.15, -0.1) is 12.4 Å². The molecule has 0 saturated heterocycles. The van der Waals surface area contributed by atoms with E-state index in [1.807, 2.05) is 36.4 Å². The molecule has 20 heavy (non-hydrogen) atoms. The number of pyridine rings is 1. The van der Waals surface area contributed by atoms with Crippen LogP contribution in [0.1, 0.15) is 25.6 Å². The summed E-state index contributed by atoms with van der Waals surface area (Å²) in [4.78, 5) is 16.3. The molecule has 0 amide bonds. The Morgan fingerprint density at radius 3 is 2.55 bits per heavy atom. The summed E-state index contributed by atoms with van der Waals surface area (Å²) in [6, 6.07) is 11.1. The number of hydrogen-bond donors (Lipinski definition) is 1. The van der Waals surface area contributed by atoms with Crippen LogP contribution >= 0.6 is 12.4 Å². The second-order valence-corrected chi connectivity index (χ2v) is 5.12. The molecule has 0 fully saturated rings. The molecule has 0 aliphatic heterocycles. The lowest BCUT2D eigenvalue weighted by Gasteiger charge is -2.28. The third-order valence-corrected chi connectivity index (χ3v) is 3.43. The van der Waals surface area contributed by atoms with Crippen LogP contribution in [-0.4, -0.2) is 18.1 Å². The largest absolute Gasteiger partial charge is 0.469 e. The summed E-state index contributed by atoms with van der Waals surface area (Å²) in [5.74, 6) is -0.338.